The van der Waals surface area contributed by atoms with Crippen LogP contribution in [-0.4, -0.2) is 17.1 Å². The van der Waals surface area contributed by atoms with Gasteiger partial charge in [0.25, 0.3) is 0 Å². The van der Waals surface area contributed by atoms with Crippen molar-refractivity contribution in [1.29, 1.82) is 0 Å². The minimum Gasteiger partial charge on any atom is -0.481 e. The van der Waals surface area contributed by atoms with Crippen molar-refractivity contribution < 1.29 is 4.74 Å². The molecule has 0 bridgehead atoms. The van der Waals surface area contributed by atoms with E-state index in [1.54, 1.807) is 7.11 Å². The SMILES string of the molecule is COc1cc2cc(C)[nH]c2c(Cl)n1. The van der Waals surface area contributed by atoms with Crippen LogP contribution in [0.1, 0.15) is 5.69 Å². The Balaban J connectivity index is 2.75. The van der Waals surface area contributed by atoms with Crippen LogP contribution in [0.15, 0.2) is 12.1 Å². The van der Waals surface area contributed by atoms with Crippen molar-refractivity contribution in [3.63, 3.8) is 0 Å². The van der Waals surface area contributed by atoms with Crippen molar-refractivity contribution in [1.82, 2.24) is 9.97 Å². The molecule has 3 nitrogen and oxygen atoms in total. The van der Waals surface area contributed by atoms with Crippen LogP contribution in [0.4, 0.5) is 0 Å². The number of halogens is 1. The Kier molecular flexibility index (Phi) is 1.88. The molecule has 0 fully saturated rings. The smallest absolute Gasteiger partial charge is 0.215 e. The second-order valence-corrected chi connectivity index (χ2v) is 3.23. The number of nitrogens with one attached hydrogen (secondary N) is 1. The third-order valence-electron chi connectivity index (χ3n) is 1.89. The second-order valence-electron chi connectivity index (χ2n) is 2.87. The summed E-state index contributed by atoms with van der Waals surface area (Å²) >= 11 is 5.93. The summed E-state index contributed by atoms with van der Waals surface area (Å²) in [7, 11) is 1.57. The molecule has 0 aromatic carbocycles. The molecule has 2 rings (SSSR count). The minimum atomic E-state index is 0.447. The molecule has 0 radical (unpaired) electrons. The van der Waals surface area contributed by atoms with Gasteiger partial charge in [0.2, 0.25) is 5.88 Å². The fourth-order valence-electron chi connectivity index (χ4n) is 1.32. The lowest BCUT2D eigenvalue weighted by Crippen LogP contribution is -1.87. The monoisotopic (exact) mass is 196 g/mol. The van der Waals surface area contributed by atoms with E-state index in [2.05, 4.69) is 9.97 Å². The molecule has 2 aromatic heterocycles. The molecule has 2 heterocycles. The van der Waals surface area contributed by atoms with Crippen LogP contribution < -0.4 is 4.74 Å². The average molecular weight is 197 g/mol. The highest BCUT2D eigenvalue weighted by molar-refractivity contribution is 6.33. The molecular formula is C9H9ClN2O. The number of fused-ring (bicyclic) bond motifs is 1. The topological polar surface area (TPSA) is 37.9 Å². The van der Waals surface area contributed by atoms with Crippen LogP contribution in [-0.2, 0) is 0 Å². The van der Waals surface area contributed by atoms with Crippen molar-refractivity contribution in [2.75, 3.05) is 7.11 Å². The van der Waals surface area contributed by atoms with E-state index < -0.39 is 0 Å². The van der Waals surface area contributed by atoms with Crippen LogP contribution in [0.2, 0.25) is 5.15 Å². The number of methoxy groups -OCH3 is 1. The van der Waals surface area contributed by atoms with E-state index in [9.17, 15) is 0 Å². The molecule has 0 saturated heterocycles. The van der Waals surface area contributed by atoms with Crippen molar-refractivity contribution in [2.45, 2.75) is 6.92 Å². The molecule has 0 aliphatic rings. The molecule has 0 saturated carbocycles. The zero-order chi connectivity index (χ0) is 9.42. The van der Waals surface area contributed by atoms with Crippen LogP contribution in [0.5, 0.6) is 5.88 Å². The van der Waals surface area contributed by atoms with Crippen molar-refractivity contribution >= 4 is 22.5 Å². The van der Waals surface area contributed by atoms with Crippen molar-refractivity contribution in [2.24, 2.45) is 0 Å². The first-order valence-corrected chi connectivity index (χ1v) is 4.28. The third-order valence-corrected chi connectivity index (χ3v) is 2.16. The van der Waals surface area contributed by atoms with Gasteiger partial charge in [-0.3, -0.25) is 0 Å². The molecule has 0 aliphatic heterocycles. The summed E-state index contributed by atoms with van der Waals surface area (Å²) in [6.45, 7) is 1.98. The highest BCUT2D eigenvalue weighted by atomic mass is 35.5. The molecule has 0 spiro atoms. The van der Waals surface area contributed by atoms with Crippen LogP contribution in [0.3, 0.4) is 0 Å². The Morgan fingerprint density at radius 3 is 2.92 bits per heavy atom. The number of rotatable bonds is 1. The summed E-state index contributed by atoms with van der Waals surface area (Å²) in [5.41, 5.74) is 1.92. The lowest BCUT2D eigenvalue weighted by atomic mass is 10.3. The van der Waals surface area contributed by atoms with Crippen LogP contribution in [0, 0.1) is 6.92 Å². The lowest BCUT2D eigenvalue weighted by molar-refractivity contribution is 0.399. The quantitative estimate of drug-likeness (QED) is 0.712. The van der Waals surface area contributed by atoms with E-state index in [0.29, 0.717) is 11.0 Å². The summed E-state index contributed by atoms with van der Waals surface area (Å²) in [5, 5.41) is 1.47. The fraction of sp³-hybridized carbons (Fsp3) is 0.222. The summed E-state index contributed by atoms with van der Waals surface area (Å²) < 4.78 is 5.00. The lowest BCUT2D eigenvalue weighted by Gasteiger charge is -1.99. The van der Waals surface area contributed by atoms with E-state index in [1.807, 2.05) is 19.1 Å². The maximum Gasteiger partial charge on any atom is 0.215 e. The van der Waals surface area contributed by atoms with Gasteiger partial charge in [0.1, 0.15) is 0 Å². The number of ether oxygens (including phenoxy) is 1. The van der Waals surface area contributed by atoms with Gasteiger partial charge in [-0.1, -0.05) is 11.6 Å². The van der Waals surface area contributed by atoms with E-state index in [4.69, 9.17) is 16.3 Å². The third kappa shape index (κ3) is 1.35. The molecule has 0 aliphatic carbocycles. The number of pyridine rings is 1. The molecular weight excluding hydrogens is 188 g/mol. The van der Waals surface area contributed by atoms with Crippen LogP contribution in [0.25, 0.3) is 10.9 Å². The van der Waals surface area contributed by atoms with E-state index in [-0.39, 0.29) is 0 Å². The first-order valence-electron chi connectivity index (χ1n) is 3.90. The number of hydrogen-bond donors (Lipinski definition) is 1. The minimum absolute atomic E-state index is 0.447. The molecule has 0 atom stereocenters. The fourth-order valence-corrected chi connectivity index (χ4v) is 1.56. The molecule has 68 valence electrons. The summed E-state index contributed by atoms with van der Waals surface area (Å²) in [5.74, 6) is 0.538. The highest BCUT2D eigenvalue weighted by Crippen LogP contribution is 2.25. The van der Waals surface area contributed by atoms with Gasteiger partial charge >= 0.3 is 0 Å². The van der Waals surface area contributed by atoms with Gasteiger partial charge in [-0.15, -0.1) is 0 Å². The normalized spacial score (nSPS) is 10.7. The summed E-state index contributed by atoms with van der Waals surface area (Å²) in [4.78, 5) is 7.17. The second kappa shape index (κ2) is 2.92. The number of nitrogens with zero attached hydrogens (tertiary/aromatic N) is 1. The van der Waals surface area contributed by atoms with Gasteiger partial charge in [-0.2, -0.15) is 4.98 Å². The Bertz CT molecular complexity index is 450. The van der Waals surface area contributed by atoms with Gasteiger partial charge in [0.15, 0.2) is 5.15 Å². The standard InChI is InChI=1S/C9H9ClN2O/c1-5-3-6-4-7(13-2)12-9(10)8(6)11-5/h3-4,11H,1-2H3. The average Bonchev–Trinajstić information content (AvgIpc) is 2.46. The van der Waals surface area contributed by atoms with Crippen molar-refractivity contribution in [3.05, 3.63) is 23.0 Å². The Labute approximate surface area is 80.7 Å². The largest absolute Gasteiger partial charge is 0.481 e. The number of aryl methyl sites for hydroxylation is 1. The first kappa shape index (κ1) is 8.38. The molecule has 0 unspecified atom stereocenters. The summed E-state index contributed by atoms with van der Waals surface area (Å²) in [6.07, 6.45) is 0. The molecule has 4 heteroatoms. The van der Waals surface area contributed by atoms with E-state index >= 15 is 0 Å². The Hall–Kier alpha value is -1.22. The van der Waals surface area contributed by atoms with Crippen molar-refractivity contribution in [3.8, 4) is 5.88 Å². The zero-order valence-corrected chi connectivity index (χ0v) is 8.14. The summed E-state index contributed by atoms with van der Waals surface area (Å²) in [6, 6.07) is 3.86. The van der Waals surface area contributed by atoms with Gasteiger partial charge < -0.3 is 9.72 Å². The molecule has 1 N–H and O–H groups in total. The maximum atomic E-state index is 5.93. The predicted octanol–water partition coefficient (Wildman–Crippen LogP) is 2.53. The number of H-pyrrole nitrogens is 1. The highest BCUT2D eigenvalue weighted by Gasteiger charge is 2.06. The first-order chi connectivity index (χ1) is 6.20. The van der Waals surface area contributed by atoms with E-state index in [0.717, 1.165) is 16.6 Å². The number of hydrogen-bond acceptors (Lipinski definition) is 2. The maximum absolute atomic E-state index is 5.93. The predicted molar refractivity (Wildman–Crippen MR) is 52.4 cm³/mol. The molecule has 0 amide bonds. The molecule has 2 aromatic rings. The number of aromatic nitrogens is 2. The Morgan fingerprint density at radius 2 is 2.23 bits per heavy atom. The Morgan fingerprint density at radius 1 is 1.46 bits per heavy atom. The van der Waals surface area contributed by atoms with Crippen LogP contribution >= 0.6 is 11.6 Å². The van der Waals surface area contributed by atoms with Gasteiger partial charge in [-0.25, -0.2) is 0 Å². The van der Waals surface area contributed by atoms with Gasteiger partial charge in [-0.05, 0) is 13.0 Å². The van der Waals surface area contributed by atoms with E-state index in [1.165, 1.54) is 0 Å². The van der Waals surface area contributed by atoms with Gasteiger partial charge in [0, 0.05) is 17.1 Å². The zero-order valence-electron chi connectivity index (χ0n) is 7.39. The molecule has 13 heavy (non-hydrogen) atoms. The van der Waals surface area contributed by atoms with Gasteiger partial charge in [0.05, 0.1) is 12.6 Å². The number of aromatic amines is 1.